The first-order valence-electron chi connectivity index (χ1n) is 8.52. The Morgan fingerprint density at radius 3 is 2.68 bits per heavy atom. The molecule has 1 heterocycles. The lowest BCUT2D eigenvalue weighted by Gasteiger charge is -2.08. The molecule has 3 rings (SSSR count). The van der Waals surface area contributed by atoms with Crippen molar-refractivity contribution in [3.8, 4) is 0 Å². The fourth-order valence-corrected chi connectivity index (χ4v) is 2.93. The van der Waals surface area contributed by atoms with Gasteiger partial charge in [-0.05, 0) is 36.8 Å². The molecule has 1 N–H and O–H groups in total. The molecule has 144 valence electrons. The number of esters is 1. The Morgan fingerprint density at radius 1 is 1.14 bits per heavy atom. The molecule has 0 atom stereocenters. The summed E-state index contributed by atoms with van der Waals surface area (Å²) in [6, 6.07) is 12.1. The molecule has 0 saturated carbocycles. The minimum Gasteiger partial charge on any atom is -0.462 e. The van der Waals surface area contributed by atoms with Crippen LogP contribution in [0.3, 0.4) is 0 Å². The number of nitrogens with zero attached hydrogens (tertiary/aromatic N) is 2. The monoisotopic (exact) mass is 417 g/mol. The molecule has 1 aromatic heterocycles. The molecule has 0 fully saturated rings. The van der Waals surface area contributed by atoms with Crippen LogP contribution in [0.15, 0.2) is 54.9 Å². The van der Waals surface area contributed by atoms with E-state index in [2.05, 4.69) is 10.4 Å². The van der Waals surface area contributed by atoms with Gasteiger partial charge in [-0.25, -0.2) is 4.79 Å². The summed E-state index contributed by atoms with van der Waals surface area (Å²) in [5, 5.41) is 7.82. The predicted molar refractivity (Wildman–Crippen MR) is 108 cm³/mol. The number of halogens is 2. The third-order valence-corrected chi connectivity index (χ3v) is 4.60. The van der Waals surface area contributed by atoms with E-state index >= 15 is 0 Å². The van der Waals surface area contributed by atoms with Crippen LogP contribution < -0.4 is 5.32 Å². The Bertz CT molecular complexity index is 1020. The van der Waals surface area contributed by atoms with Crippen LogP contribution in [0.25, 0.3) is 0 Å². The molecule has 28 heavy (non-hydrogen) atoms. The molecule has 0 aliphatic heterocycles. The van der Waals surface area contributed by atoms with E-state index in [9.17, 15) is 9.59 Å². The Hall–Kier alpha value is -2.83. The lowest BCUT2D eigenvalue weighted by molar-refractivity contribution is 0.0526. The Balaban J connectivity index is 1.72. The molecule has 8 heteroatoms. The summed E-state index contributed by atoms with van der Waals surface area (Å²) in [4.78, 5) is 24.4. The van der Waals surface area contributed by atoms with Crippen molar-refractivity contribution < 1.29 is 14.3 Å². The number of rotatable bonds is 6. The van der Waals surface area contributed by atoms with Gasteiger partial charge in [0.15, 0.2) is 0 Å². The number of anilines is 1. The van der Waals surface area contributed by atoms with Gasteiger partial charge in [0.2, 0.25) is 0 Å². The smallest absolute Gasteiger partial charge is 0.339 e. The second kappa shape index (κ2) is 8.91. The third kappa shape index (κ3) is 4.71. The van der Waals surface area contributed by atoms with Crippen molar-refractivity contribution in [2.45, 2.75) is 13.5 Å². The number of nitrogens with one attached hydrogen (secondary N) is 1. The molecule has 2 aromatic carbocycles. The molecule has 6 nitrogen and oxygen atoms in total. The second-order valence-electron chi connectivity index (χ2n) is 5.89. The summed E-state index contributed by atoms with van der Waals surface area (Å²) in [6.07, 6.45) is 3.09. The molecule has 0 saturated heterocycles. The van der Waals surface area contributed by atoms with E-state index in [0.717, 1.165) is 5.56 Å². The lowest BCUT2D eigenvalue weighted by atomic mass is 10.2. The average Bonchev–Trinajstić information content (AvgIpc) is 3.14. The SMILES string of the molecule is CCOC(=O)c1cc(NC(=O)c2cnn(Cc3ccccc3Cl)c2)ccc1Cl. The predicted octanol–water partition coefficient (Wildman–Crippen LogP) is 4.67. The van der Waals surface area contributed by atoms with Gasteiger partial charge in [0.25, 0.3) is 5.91 Å². The number of benzene rings is 2. The van der Waals surface area contributed by atoms with Gasteiger partial charge < -0.3 is 10.1 Å². The molecular formula is C20H17Cl2N3O3. The maximum atomic E-state index is 12.5. The summed E-state index contributed by atoms with van der Waals surface area (Å²) in [5.41, 5.74) is 1.89. The first-order chi connectivity index (χ1) is 13.5. The van der Waals surface area contributed by atoms with Crippen molar-refractivity contribution in [3.05, 3.63) is 81.6 Å². The first-order valence-corrected chi connectivity index (χ1v) is 9.27. The topological polar surface area (TPSA) is 73.2 Å². The van der Waals surface area contributed by atoms with Crippen LogP contribution in [-0.2, 0) is 11.3 Å². The number of hydrogen-bond acceptors (Lipinski definition) is 4. The van der Waals surface area contributed by atoms with E-state index in [1.165, 1.54) is 18.3 Å². The van der Waals surface area contributed by atoms with Gasteiger partial charge in [-0.15, -0.1) is 0 Å². The quantitative estimate of drug-likeness (QED) is 0.591. The van der Waals surface area contributed by atoms with Crippen molar-refractivity contribution in [3.63, 3.8) is 0 Å². The largest absolute Gasteiger partial charge is 0.462 e. The fraction of sp³-hybridized carbons (Fsp3) is 0.150. The number of hydrogen-bond donors (Lipinski definition) is 1. The highest BCUT2D eigenvalue weighted by Crippen LogP contribution is 2.22. The van der Waals surface area contributed by atoms with E-state index in [0.29, 0.717) is 22.8 Å². The minimum atomic E-state index is -0.545. The van der Waals surface area contributed by atoms with Gasteiger partial charge in [-0.1, -0.05) is 41.4 Å². The Morgan fingerprint density at radius 2 is 1.93 bits per heavy atom. The highest BCUT2D eigenvalue weighted by Gasteiger charge is 2.15. The van der Waals surface area contributed by atoms with Crippen LogP contribution in [-0.4, -0.2) is 28.3 Å². The molecule has 0 radical (unpaired) electrons. The maximum Gasteiger partial charge on any atom is 0.339 e. The number of carbonyl (C=O) groups is 2. The minimum absolute atomic E-state index is 0.190. The molecule has 0 aliphatic carbocycles. The molecule has 0 aliphatic rings. The summed E-state index contributed by atoms with van der Waals surface area (Å²) in [5.74, 6) is -0.904. The zero-order valence-electron chi connectivity index (χ0n) is 15.0. The standard InChI is InChI=1S/C20H17Cl2N3O3/c1-2-28-20(27)16-9-15(7-8-18(16)22)24-19(26)14-10-23-25(12-14)11-13-5-3-4-6-17(13)21/h3-10,12H,2,11H2,1H3,(H,24,26). The van der Waals surface area contributed by atoms with Gasteiger partial charge in [0, 0.05) is 16.9 Å². The van der Waals surface area contributed by atoms with Crippen molar-refractivity contribution >= 4 is 40.8 Å². The van der Waals surface area contributed by atoms with E-state index < -0.39 is 5.97 Å². The normalized spacial score (nSPS) is 10.5. The molecular weight excluding hydrogens is 401 g/mol. The average molecular weight is 418 g/mol. The van der Waals surface area contributed by atoms with Crippen molar-refractivity contribution in [1.29, 1.82) is 0 Å². The third-order valence-electron chi connectivity index (χ3n) is 3.91. The van der Waals surface area contributed by atoms with Crippen LogP contribution in [0, 0.1) is 0 Å². The summed E-state index contributed by atoms with van der Waals surface area (Å²) in [6.45, 7) is 2.38. The summed E-state index contributed by atoms with van der Waals surface area (Å²) in [7, 11) is 0. The number of carbonyl (C=O) groups excluding carboxylic acids is 2. The van der Waals surface area contributed by atoms with Crippen molar-refractivity contribution in [2.24, 2.45) is 0 Å². The lowest BCUT2D eigenvalue weighted by Crippen LogP contribution is -2.12. The molecule has 1 amide bonds. The van der Waals surface area contributed by atoms with Crippen LogP contribution >= 0.6 is 23.2 Å². The Labute approximate surface area is 172 Å². The van der Waals surface area contributed by atoms with Gasteiger partial charge in [0.1, 0.15) is 0 Å². The van der Waals surface area contributed by atoms with E-state index in [-0.39, 0.29) is 23.1 Å². The van der Waals surface area contributed by atoms with Crippen molar-refractivity contribution in [1.82, 2.24) is 9.78 Å². The molecule has 0 spiro atoms. The van der Waals surface area contributed by atoms with Gasteiger partial charge >= 0.3 is 5.97 Å². The van der Waals surface area contributed by atoms with Crippen molar-refractivity contribution in [2.75, 3.05) is 11.9 Å². The number of amides is 1. The zero-order valence-corrected chi connectivity index (χ0v) is 16.5. The van der Waals surface area contributed by atoms with Crippen LogP contribution in [0.5, 0.6) is 0 Å². The molecule has 0 unspecified atom stereocenters. The number of ether oxygens (including phenoxy) is 1. The van der Waals surface area contributed by atoms with E-state index in [1.807, 2.05) is 18.2 Å². The second-order valence-corrected chi connectivity index (χ2v) is 6.70. The maximum absolute atomic E-state index is 12.5. The van der Waals surface area contributed by atoms with Gasteiger partial charge in [0.05, 0.1) is 35.5 Å². The summed E-state index contributed by atoms with van der Waals surface area (Å²) < 4.78 is 6.59. The van der Waals surface area contributed by atoms with E-state index in [4.69, 9.17) is 27.9 Å². The Kier molecular flexibility index (Phi) is 6.34. The van der Waals surface area contributed by atoms with Crippen LogP contribution in [0.2, 0.25) is 10.0 Å². The van der Waals surface area contributed by atoms with Crippen LogP contribution in [0.4, 0.5) is 5.69 Å². The zero-order chi connectivity index (χ0) is 20.1. The first kappa shape index (κ1) is 19.9. The van der Waals surface area contributed by atoms with Crippen LogP contribution in [0.1, 0.15) is 33.2 Å². The highest BCUT2D eigenvalue weighted by molar-refractivity contribution is 6.33. The van der Waals surface area contributed by atoms with E-state index in [1.54, 1.807) is 29.9 Å². The van der Waals surface area contributed by atoms with Gasteiger partial charge in [-0.3, -0.25) is 9.48 Å². The molecule has 0 bridgehead atoms. The number of aromatic nitrogens is 2. The van der Waals surface area contributed by atoms with Gasteiger partial charge in [-0.2, -0.15) is 5.10 Å². The fourth-order valence-electron chi connectivity index (χ4n) is 2.54. The summed E-state index contributed by atoms with van der Waals surface area (Å²) >= 11 is 12.2. The molecule has 3 aromatic rings. The highest BCUT2D eigenvalue weighted by atomic mass is 35.5.